The van der Waals surface area contributed by atoms with Crippen molar-refractivity contribution >= 4 is 6.09 Å². The minimum Gasteiger partial charge on any atom is -0.445 e. The summed E-state index contributed by atoms with van der Waals surface area (Å²) in [5, 5.41) is 0. The molecule has 5 aliphatic rings. The first-order valence-corrected chi connectivity index (χ1v) is 15.1. The maximum atomic E-state index is 12.5. The highest BCUT2D eigenvalue weighted by Gasteiger charge is 2.42. The summed E-state index contributed by atoms with van der Waals surface area (Å²) >= 11 is 0. The zero-order chi connectivity index (χ0) is 25.8. The molecule has 0 radical (unpaired) electrons. The number of carbonyl (C=O) groups excluding carboxylic acids is 1. The van der Waals surface area contributed by atoms with Crippen molar-refractivity contribution in [3.63, 3.8) is 0 Å². The van der Waals surface area contributed by atoms with Gasteiger partial charge >= 0.3 is 6.09 Å². The van der Waals surface area contributed by atoms with Crippen LogP contribution in [0.1, 0.15) is 56.9 Å². The van der Waals surface area contributed by atoms with Gasteiger partial charge in [0.2, 0.25) is 0 Å². The average molecular weight is 527 g/mol. The molecule has 8 nitrogen and oxygen atoms in total. The van der Waals surface area contributed by atoms with E-state index in [0.717, 1.165) is 82.7 Å². The minimum atomic E-state index is -0.256. The summed E-state index contributed by atoms with van der Waals surface area (Å²) in [7, 11) is 0. The second-order valence-corrected chi connectivity index (χ2v) is 11.9. The Balaban J connectivity index is 0.873. The average Bonchev–Trinajstić information content (AvgIpc) is 3.45. The molecule has 1 aromatic rings. The summed E-state index contributed by atoms with van der Waals surface area (Å²) < 4.78 is 17.4. The van der Waals surface area contributed by atoms with Gasteiger partial charge in [-0.2, -0.15) is 0 Å². The van der Waals surface area contributed by atoms with Gasteiger partial charge < -0.3 is 28.9 Å². The molecule has 1 amide bonds. The van der Waals surface area contributed by atoms with Gasteiger partial charge in [-0.15, -0.1) is 0 Å². The molecule has 5 saturated heterocycles. The predicted molar refractivity (Wildman–Crippen MR) is 146 cm³/mol. The lowest BCUT2D eigenvalue weighted by Crippen LogP contribution is -2.55. The number of amides is 1. The number of piperidine rings is 4. The normalized spacial score (nSPS) is 27.2. The first-order valence-electron chi connectivity index (χ1n) is 15.1. The van der Waals surface area contributed by atoms with Crippen molar-refractivity contribution in [2.45, 2.75) is 81.9 Å². The molecule has 38 heavy (non-hydrogen) atoms. The van der Waals surface area contributed by atoms with Gasteiger partial charge in [-0.3, -0.25) is 4.90 Å². The van der Waals surface area contributed by atoms with Gasteiger partial charge in [0, 0.05) is 57.1 Å². The molecule has 1 spiro atoms. The molecule has 0 aromatic heterocycles. The van der Waals surface area contributed by atoms with Crippen molar-refractivity contribution in [1.82, 2.24) is 19.6 Å². The number of hydrogen-bond acceptors (Lipinski definition) is 7. The molecule has 0 unspecified atom stereocenters. The molecule has 5 heterocycles. The van der Waals surface area contributed by atoms with Crippen LogP contribution in [0, 0.1) is 0 Å². The van der Waals surface area contributed by atoms with Crippen LogP contribution < -0.4 is 0 Å². The molecular weight excluding hydrogens is 480 g/mol. The van der Waals surface area contributed by atoms with E-state index in [1.165, 1.54) is 51.9 Å². The fraction of sp³-hybridized carbons (Fsp3) is 0.767. The number of carbonyl (C=O) groups is 1. The number of nitrogens with zero attached hydrogens (tertiary/aromatic N) is 4. The SMILES string of the molecule is O=C(OCc1ccccc1)N1CCC(N2CCC(N3CCC(N4CCC5(CC4)OCCO5)CC3)CC2)CC1. The molecule has 0 bridgehead atoms. The van der Waals surface area contributed by atoms with E-state index in [9.17, 15) is 4.79 Å². The Bertz CT molecular complexity index is 877. The van der Waals surface area contributed by atoms with Crippen molar-refractivity contribution < 1.29 is 19.0 Å². The quantitative estimate of drug-likeness (QED) is 0.582. The van der Waals surface area contributed by atoms with Crippen LogP contribution in [0.25, 0.3) is 0 Å². The highest BCUT2D eigenvalue weighted by molar-refractivity contribution is 5.67. The molecular formula is C30H46N4O4. The number of hydrogen-bond donors (Lipinski definition) is 0. The molecule has 1 aromatic carbocycles. The summed E-state index contributed by atoms with van der Waals surface area (Å²) in [6.45, 7) is 10.6. The Hall–Kier alpha value is -1.71. The van der Waals surface area contributed by atoms with E-state index >= 15 is 0 Å². The molecule has 8 heteroatoms. The highest BCUT2D eigenvalue weighted by atomic mass is 16.7. The summed E-state index contributed by atoms with van der Waals surface area (Å²) in [6.07, 6.45) is 9.17. The van der Waals surface area contributed by atoms with E-state index in [0.29, 0.717) is 12.6 Å². The van der Waals surface area contributed by atoms with Crippen molar-refractivity contribution in [3.05, 3.63) is 35.9 Å². The Morgan fingerprint density at radius 3 is 1.71 bits per heavy atom. The fourth-order valence-electron chi connectivity index (χ4n) is 7.47. The monoisotopic (exact) mass is 526 g/mol. The smallest absolute Gasteiger partial charge is 0.410 e. The Morgan fingerprint density at radius 2 is 1.18 bits per heavy atom. The van der Waals surface area contributed by atoms with E-state index in [1.54, 1.807) is 0 Å². The van der Waals surface area contributed by atoms with Gasteiger partial charge in [0.05, 0.1) is 13.2 Å². The maximum Gasteiger partial charge on any atom is 0.410 e. The second kappa shape index (κ2) is 12.2. The summed E-state index contributed by atoms with van der Waals surface area (Å²) in [5.74, 6) is -0.256. The molecule has 5 aliphatic heterocycles. The maximum absolute atomic E-state index is 12.5. The standard InChI is InChI=1S/C30H46N4O4/c35-29(36-24-25-4-2-1-3-5-25)34-18-10-27(11-19-34)32-14-6-26(7-15-32)31-16-8-28(9-17-31)33-20-12-30(13-21-33)37-22-23-38-30/h1-5,26-28H,6-24H2. The lowest BCUT2D eigenvalue weighted by Gasteiger charge is -2.47. The largest absolute Gasteiger partial charge is 0.445 e. The van der Waals surface area contributed by atoms with Crippen LogP contribution in [0.3, 0.4) is 0 Å². The molecule has 5 fully saturated rings. The van der Waals surface area contributed by atoms with Crippen LogP contribution in [-0.2, 0) is 20.8 Å². The van der Waals surface area contributed by atoms with Gasteiger partial charge in [-0.05, 0) is 70.3 Å². The minimum absolute atomic E-state index is 0.168. The lowest BCUT2D eigenvalue weighted by atomic mass is 9.93. The topological polar surface area (TPSA) is 57.7 Å². The Morgan fingerprint density at radius 1 is 0.711 bits per heavy atom. The zero-order valence-corrected chi connectivity index (χ0v) is 23.0. The second-order valence-electron chi connectivity index (χ2n) is 11.9. The van der Waals surface area contributed by atoms with Gasteiger partial charge in [0.1, 0.15) is 6.61 Å². The van der Waals surface area contributed by atoms with E-state index in [-0.39, 0.29) is 11.9 Å². The van der Waals surface area contributed by atoms with Crippen molar-refractivity contribution in [1.29, 1.82) is 0 Å². The number of likely N-dealkylation sites (tertiary alicyclic amines) is 4. The first kappa shape index (κ1) is 26.5. The van der Waals surface area contributed by atoms with E-state index in [1.807, 2.05) is 35.2 Å². The van der Waals surface area contributed by atoms with Gasteiger partial charge in [0.25, 0.3) is 0 Å². The van der Waals surface area contributed by atoms with E-state index in [4.69, 9.17) is 14.2 Å². The number of rotatable bonds is 5. The summed E-state index contributed by atoms with van der Waals surface area (Å²) in [5.41, 5.74) is 1.04. The number of ether oxygens (including phenoxy) is 3. The molecule has 6 rings (SSSR count). The molecule has 0 N–H and O–H groups in total. The van der Waals surface area contributed by atoms with Crippen LogP contribution in [0.5, 0.6) is 0 Å². The first-order chi connectivity index (χ1) is 18.7. The van der Waals surface area contributed by atoms with Crippen molar-refractivity contribution in [2.24, 2.45) is 0 Å². The molecule has 0 atom stereocenters. The van der Waals surface area contributed by atoms with Crippen LogP contribution in [0.15, 0.2) is 30.3 Å². The third-order valence-corrected chi connectivity index (χ3v) is 9.85. The summed E-state index contributed by atoms with van der Waals surface area (Å²) in [6, 6.07) is 12.0. The molecule has 0 saturated carbocycles. The Kier molecular flexibility index (Phi) is 8.52. The van der Waals surface area contributed by atoms with Crippen LogP contribution in [0.4, 0.5) is 4.79 Å². The predicted octanol–water partition coefficient (Wildman–Crippen LogP) is 3.56. The van der Waals surface area contributed by atoms with E-state index < -0.39 is 0 Å². The van der Waals surface area contributed by atoms with Crippen LogP contribution >= 0.6 is 0 Å². The fourth-order valence-corrected chi connectivity index (χ4v) is 7.47. The number of benzene rings is 1. The zero-order valence-electron chi connectivity index (χ0n) is 23.0. The van der Waals surface area contributed by atoms with Crippen LogP contribution in [0.2, 0.25) is 0 Å². The third-order valence-electron chi connectivity index (χ3n) is 9.85. The van der Waals surface area contributed by atoms with Crippen LogP contribution in [-0.4, -0.2) is 115 Å². The van der Waals surface area contributed by atoms with Gasteiger partial charge in [-0.25, -0.2) is 4.79 Å². The lowest BCUT2D eigenvalue weighted by molar-refractivity contribution is -0.189. The van der Waals surface area contributed by atoms with Crippen molar-refractivity contribution in [3.8, 4) is 0 Å². The van der Waals surface area contributed by atoms with Gasteiger partial charge in [-0.1, -0.05) is 30.3 Å². The molecule has 210 valence electrons. The Labute approximate surface area is 228 Å². The summed E-state index contributed by atoms with van der Waals surface area (Å²) in [4.78, 5) is 22.6. The third kappa shape index (κ3) is 6.20. The van der Waals surface area contributed by atoms with Gasteiger partial charge in [0.15, 0.2) is 5.79 Å². The van der Waals surface area contributed by atoms with Crippen molar-refractivity contribution in [2.75, 3.05) is 65.6 Å². The molecule has 0 aliphatic carbocycles. The van der Waals surface area contributed by atoms with E-state index in [2.05, 4.69) is 14.7 Å². The highest BCUT2D eigenvalue weighted by Crippen LogP contribution is 2.34.